The standard InChI is InChI=1S/C26H32N4O3/c1-4-26(5-2)15-21(31)30(24(27)29-26)16-17-9-8-11-18(13-17)23(32)28-22-20-12-7-6-10-19(20)14-25(22,3)33/h6-13,22,33H,4-5,14-16H2,1-3H3,(H2,27,29)(H,28,32)/t22-,25?/m1/s1. The molecule has 2 aromatic rings. The molecule has 0 bridgehead atoms. The lowest BCUT2D eigenvalue weighted by atomic mass is 9.87. The second-order valence-corrected chi connectivity index (χ2v) is 9.46. The molecular weight excluding hydrogens is 416 g/mol. The predicted molar refractivity (Wildman–Crippen MR) is 127 cm³/mol. The van der Waals surface area contributed by atoms with Gasteiger partial charge in [-0.2, -0.15) is 0 Å². The maximum Gasteiger partial charge on any atom is 0.251 e. The van der Waals surface area contributed by atoms with Gasteiger partial charge in [-0.1, -0.05) is 50.2 Å². The van der Waals surface area contributed by atoms with Gasteiger partial charge in [0.25, 0.3) is 5.91 Å². The first-order valence-corrected chi connectivity index (χ1v) is 11.5. The van der Waals surface area contributed by atoms with Gasteiger partial charge >= 0.3 is 0 Å². The van der Waals surface area contributed by atoms with Gasteiger partial charge in [-0.3, -0.25) is 19.9 Å². The van der Waals surface area contributed by atoms with Crippen molar-refractivity contribution in [3.8, 4) is 0 Å². The highest BCUT2D eigenvalue weighted by atomic mass is 16.3. The average Bonchev–Trinajstić information content (AvgIpc) is 3.05. The zero-order valence-electron chi connectivity index (χ0n) is 19.4. The van der Waals surface area contributed by atoms with Crippen LogP contribution in [-0.2, 0) is 17.8 Å². The Hall–Kier alpha value is -3.19. The van der Waals surface area contributed by atoms with Crippen molar-refractivity contribution >= 4 is 17.8 Å². The minimum absolute atomic E-state index is 0.0871. The minimum atomic E-state index is -1.07. The van der Waals surface area contributed by atoms with E-state index in [2.05, 4.69) is 10.6 Å². The number of carbonyl (C=O) groups is 2. The highest BCUT2D eigenvalue weighted by molar-refractivity contribution is 5.99. The van der Waals surface area contributed by atoms with E-state index in [1.54, 1.807) is 25.1 Å². The molecule has 0 saturated carbocycles. The number of aliphatic hydroxyl groups is 1. The molecular formula is C26H32N4O3. The van der Waals surface area contributed by atoms with Crippen LogP contribution < -0.4 is 10.6 Å². The van der Waals surface area contributed by atoms with Crippen LogP contribution in [0.1, 0.15) is 73.1 Å². The third kappa shape index (κ3) is 4.37. The number of fused-ring (bicyclic) bond motifs is 1. The van der Waals surface area contributed by atoms with Crippen LogP contribution in [0.15, 0.2) is 48.5 Å². The number of nitrogens with one attached hydrogen (secondary N) is 3. The van der Waals surface area contributed by atoms with Gasteiger partial charge in [0.15, 0.2) is 5.96 Å². The maximum absolute atomic E-state index is 13.1. The van der Waals surface area contributed by atoms with Gasteiger partial charge in [-0.15, -0.1) is 0 Å². The van der Waals surface area contributed by atoms with Crippen LogP contribution in [0.4, 0.5) is 0 Å². The van der Waals surface area contributed by atoms with Crippen LogP contribution in [0.25, 0.3) is 0 Å². The summed E-state index contributed by atoms with van der Waals surface area (Å²) < 4.78 is 0. The minimum Gasteiger partial charge on any atom is -0.387 e. The zero-order chi connectivity index (χ0) is 23.8. The maximum atomic E-state index is 13.1. The summed E-state index contributed by atoms with van der Waals surface area (Å²) in [6.07, 6.45) is 2.38. The van der Waals surface area contributed by atoms with Gasteiger partial charge in [-0.05, 0) is 48.6 Å². The molecule has 1 unspecified atom stereocenters. The molecule has 1 heterocycles. The molecule has 2 aromatic carbocycles. The van der Waals surface area contributed by atoms with Crippen molar-refractivity contribution in [1.82, 2.24) is 15.5 Å². The monoisotopic (exact) mass is 448 g/mol. The van der Waals surface area contributed by atoms with Crippen molar-refractivity contribution in [3.63, 3.8) is 0 Å². The van der Waals surface area contributed by atoms with E-state index in [-0.39, 0.29) is 29.9 Å². The van der Waals surface area contributed by atoms with Gasteiger partial charge in [0.2, 0.25) is 5.91 Å². The summed E-state index contributed by atoms with van der Waals surface area (Å²) in [4.78, 5) is 27.3. The Labute approximate surface area is 194 Å². The molecule has 33 heavy (non-hydrogen) atoms. The number of carbonyl (C=O) groups excluding carboxylic acids is 2. The Kier molecular flexibility index (Phi) is 6.01. The van der Waals surface area contributed by atoms with E-state index < -0.39 is 11.6 Å². The summed E-state index contributed by atoms with van der Waals surface area (Å²) in [5.74, 6) is -0.271. The van der Waals surface area contributed by atoms with E-state index in [1.165, 1.54) is 4.90 Å². The number of hydrogen-bond acceptors (Lipinski definition) is 4. The Morgan fingerprint density at radius 1 is 1.18 bits per heavy atom. The van der Waals surface area contributed by atoms with Gasteiger partial charge in [0, 0.05) is 17.5 Å². The van der Waals surface area contributed by atoms with E-state index in [0.717, 1.165) is 29.5 Å². The van der Waals surface area contributed by atoms with E-state index in [4.69, 9.17) is 5.41 Å². The molecule has 2 aliphatic rings. The summed E-state index contributed by atoms with van der Waals surface area (Å²) in [5.41, 5.74) is 1.76. The average molecular weight is 449 g/mol. The fraction of sp³-hybridized carbons (Fsp3) is 0.423. The van der Waals surface area contributed by atoms with Gasteiger partial charge in [-0.25, -0.2) is 0 Å². The largest absolute Gasteiger partial charge is 0.387 e. The summed E-state index contributed by atoms with van der Waals surface area (Å²) in [6, 6.07) is 14.3. The van der Waals surface area contributed by atoms with Crippen molar-refractivity contribution in [3.05, 3.63) is 70.8 Å². The quantitative estimate of drug-likeness (QED) is 0.544. The smallest absolute Gasteiger partial charge is 0.251 e. The van der Waals surface area contributed by atoms with Crippen molar-refractivity contribution in [1.29, 1.82) is 5.41 Å². The normalized spacial score (nSPS) is 23.8. The highest BCUT2D eigenvalue weighted by Crippen LogP contribution is 2.39. The van der Waals surface area contributed by atoms with E-state index >= 15 is 0 Å². The second-order valence-electron chi connectivity index (χ2n) is 9.46. The number of guanidine groups is 1. The Morgan fingerprint density at radius 2 is 1.91 bits per heavy atom. The van der Waals surface area contributed by atoms with Crippen LogP contribution in [0.3, 0.4) is 0 Å². The predicted octanol–water partition coefficient (Wildman–Crippen LogP) is 3.28. The van der Waals surface area contributed by atoms with Crippen LogP contribution in [0, 0.1) is 5.41 Å². The fourth-order valence-corrected chi connectivity index (χ4v) is 4.96. The number of rotatable bonds is 6. The number of hydrogen-bond donors (Lipinski definition) is 4. The summed E-state index contributed by atoms with van der Waals surface area (Å²) in [5, 5.41) is 25.5. The zero-order valence-corrected chi connectivity index (χ0v) is 19.4. The van der Waals surface area contributed by atoms with Crippen molar-refractivity contribution in [2.24, 2.45) is 0 Å². The third-order valence-corrected chi connectivity index (χ3v) is 7.14. The molecule has 1 aliphatic heterocycles. The molecule has 0 aromatic heterocycles. The number of amides is 2. The van der Waals surface area contributed by atoms with Crippen LogP contribution >= 0.6 is 0 Å². The van der Waals surface area contributed by atoms with Crippen LogP contribution in [0.2, 0.25) is 0 Å². The summed E-state index contributed by atoms with van der Waals surface area (Å²) in [7, 11) is 0. The first-order chi connectivity index (χ1) is 15.7. The summed E-state index contributed by atoms with van der Waals surface area (Å²) >= 11 is 0. The lowest BCUT2D eigenvalue weighted by Crippen LogP contribution is -2.61. The molecule has 1 saturated heterocycles. The Morgan fingerprint density at radius 3 is 2.61 bits per heavy atom. The Balaban J connectivity index is 1.49. The number of benzene rings is 2. The molecule has 1 aliphatic carbocycles. The lowest BCUT2D eigenvalue weighted by Gasteiger charge is -2.42. The highest BCUT2D eigenvalue weighted by Gasteiger charge is 2.42. The molecule has 7 heteroatoms. The molecule has 174 valence electrons. The van der Waals surface area contributed by atoms with E-state index in [1.807, 2.05) is 44.2 Å². The van der Waals surface area contributed by atoms with Crippen molar-refractivity contribution in [2.45, 2.75) is 70.2 Å². The van der Waals surface area contributed by atoms with Crippen molar-refractivity contribution < 1.29 is 14.7 Å². The first kappa shape index (κ1) is 23.0. The van der Waals surface area contributed by atoms with Gasteiger partial charge < -0.3 is 15.7 Å². The molecule has 2 atom stereocenters. The van der Waals surface area contributed by atoms with Crippen molar-refractivity contribution in [2.75, 3.05) is 0 Å². The summed E-state index contributed by atoms with van der Waals surface area (Å²) in [6.45, 7) is 6.00. The first-order valence-electron chi connectivity index (χ1n) is 11.5. The molecule has 4 rings (SSSR count). The SMILES string of the molecule is CCC1(CC)CC(=O)N(Cc2cccc(C(=O)N[C@@H]3c4ccccc4CC3(C)O)c2)C(=N)N1. The van der Waals surface area contributed by atoms with Gasteiger partial charge in [0.1, 0.15) is 0 Å². The molecule has 0 radical (unpaired) electrons. The molecule has 0 spiro atoms. The lowest BCUT2D eigenvalue weighted by molar-refractivity contribution is -0.131. The second kappa shape index (κ2) is 8.63. The van der Waals surface area contributed by atoms with Crippen LogP contribution in [0.5, 0.6) is 0 Å². The van der Waals surface area contributed by atoms with E-state index in [0.29, 0.717) is 18.4 Å². The van der Waals surface area contributed by atoms with E-state index in [9.17, 15) is 14.7 Å². The molecule has 2 amide bonds. The fourth-order valence-electron chi connectivity index (χ4n) is 4.96. The third-order valence-electron chi connectivity index (χ3n) is 7.14. The molecule has 4 N–H and O–H groups in total. The van der Waals surface area contributed by atoms with Gasteiger partial charge in [0.05, 0.1) is 24.6 Å². The molecule has 7 nitrogen and oxygen atoms in total. The van der Waals surface area contributed by atoms with Crippen LogP contribution in [-0.4, -0.2) is 38.9 Å². The Bertz CT molecular complexity index is 1070. The number of nitrogens with zero attached hydrogens (tertiary/aromatic N) is 1. The molecule has 1 fully saturated rings. The topological polar surface area (TPSA) is 106 Å².